The Bertz CT molecular complexity index is 1210. The molecule has 32 heavy (non-hydrogen) atoms. The molecule has 0 N–H and O–H groups in total. The fraction of sp³-hybridized carbons (Fsp3) is 0.190. The molecule has 0 atom stereocenters. The number of halogens is 3. The molecule has 11 heteroatoms. The van der Waals surface area contributed by atoms with Crippen molar-refractivity contribution in [3.8, 4) is 17.2 Å². The number of hydrogen-bond acceptors (Lipinski definition) is 8. The molecule has 8 nitrogen and oxygen atoms in total. The van der Waals surface area contributed by atoms with Crippen molar-refractivity contribution >= 4 is 22.9 Å². The van der Waals surface area contributed by atoms with Crippen LogP contribution in [0.4, 0.5) is 13.2 Å². The zero-order valence-corrected chi connectivity index (χ0v) is 16.6. The number of esters is 2. The second-order valence-corrected chi connectivity index (χ2v) is 6.27. The average molecular weight is 452 g/mol. The Morgan fingerprint density at radius 3 is 2.25 bits per heavy atom. The normalized spacial score (nSPS) is 11.3. The summed E-state index contributed by atoms with van der Waals surface area (Å²) < 4.78 is 65.0. The summed E-state index contributed by atoms with van der Waals surface area (Å²) in [5.41, 5.74) is -1.42. The fourth-order valence-electron chi connectivity index (χ4n) is 2.67. The summed E-state index contributed by atoms with van der Waals surface area (Å²) in [6.45, 7) is -0.378. The molecule has 0 amide bonds. The van der Waals surface area contributed by atoms with E-state index in [2.05, 4.69) is 9.47 Å². The van der Waals surface area contributed by atoms with Crippen molar-refractivity contribution in [3.63, 3.8) is 0 Å². The molecule has 0 saturated heterocycles. The number of alkyl halides is 3. The van der Waals surface area contributed by atoms with E-state index in [0.717, 1.165) is 12.1 Å². The lowest BCUT2D eigenvalue weighted by molar-refractivity contribution is -0.154. The van der Waals surface area contributed by atoms with E-state index in [1.165, 1.54) is 44.6 Å². The van der Waals surface area contributed by atoms with Gasteiger partial charge in [0.1, 0.15) is 23.7 Å². The van der Waals surface area contributed by atoms with Crippen molar-refractivity contribution in [2.45, 2.75) is 6.18 Å². The van der Waals surface area contributed by atoms with E-state index in [1.54, 1.807) is 0 Å². The minimum atomic E-state index is -5.07. The Hall–Kier alpha value is -3.86. The van der Waals surface area contributed by atoms with E-state index in [0.29, 0.717) is 0 Å². The molecule has 3 rings (SSSR count). The van der Waals surface area contributed by atoms with Gasteiger partial charge in [-0.05, 0) is 36.4 Å². The molecule has 0 bridgehead atoms. The summed E-state index contributed by atoms with van der Waals surface area (Å²) in [6.07, 6.45) is -5.07. The number of benzene rings is 2. The molecule has 168 valence electrons. The monoisotopic (exact) mass is 452 g/mol. The van der Waals surface area contributed by atoms with E-state index >= 15 is 0 Å². The SMILES string of the molecule is COCC(=O)Oc1ccc2c(=O)c(Oc3ccc(C(=O)OC)cc3)c(C(F)(F)F)oc2c1. The molecule has 0 aliphatic heterocycles. The number of fused-ring (bicyclic) bond motifs is 1. The zero-order chi connectivity index (χ0) is 23.5. The Morgan fingerprint density at radius 1 is 1.00 bits per heavy atom. The van der Waals surface area contributed by atoms with Crippen LogP contribution >= 0.6 is 0 Å². The van der Waals surface area contributed by atoms with Gasteiger partial charge in [-0.1, -0.05) is 0 Å². The van der Waals surface area contributed by atoms with Crippen LogP contribution in [-0.4, -0.2) is 32.8 Å². The van der Waals surface area contributed by atoms with Gasteiger partial charge in [0.15, 0.2) is 0 Å². The van der Waals surface area contributed by atoms with Crippen LogP contribution in [-0.2, 0) is 20.4 Å². The first kappa shape index (κ1) is 22.8. The summed E-state index contributed by atoms with van der Waals surface area (Å²) in [5, 5.41) is -0.231. The minimum Gasteiger partial charge on any atom is -0.465 e. The number of rotatable bonds is 6. The Kier molecular flexibility index (Phi) is 6.49. The zero-order valence-electron chi connectivity index (χ0n) is 16.6. The molecule has 0 unspecified atom stereocenters. The first-order valence-corrected chi connectivity index (χ1v) is 8.88. The Labute approximate surface area is 178 Å². The van der Waals surface area contributed by atoms with E-state index < -0.39 is 40.6 Å². The molecule has 0 aliphatic carbocycles. The van der Waals surface area contributed by atoms with Gasteiger partial charge in [-0.3, -0.25) is 4.79 Å². The van der Waals surface area contributed by atoms with Crippen molar-refractivity contribution in [1.29, 1.82) is 0 Å². The number of hydrogen-bond donors (Lipinski definition) is 0. The summed E-state index contributed by atoms with van der Waals surface area (Å²) in [4.78, 5) is 35.8. The highest BCUT2D eigenvalue weighted by Crippen LogP contribution is 2.38. The van der Waals surface area contributed by atoms with Crippen molar-refractivity contribution in [2.24, 2.45) is 0 Å². The van der Waals surface area contributed by atoms with Crippen LogP contribution in [0.2, 0.25) is 0 Å². The van der Waals surface area contributed by atoms with E-state index in [1.807, 2.05) is 0 Å². The maximum Gasteiger partial charge on any atom is 0.453 e. The lowest BCUT2D eigenvalue weighted by atomic mass is 10.2. The molecular weight excluding hydrogens is 437 g/mol. The van der Waals surface area contributed by atoms with Gasteiger partial charge in [-0.25, -0.2) is 9.59 Å². The largest absolute Gasteiger partial charge is 0.465 e. The van der Waals surface area contributed by atoms with Crippen molar-refractivity contribution in [3.05, 3.63) is 64.0 Å². The highest BCUT2D eigenvalue weighted by Gasteiger charge is 2.40. The van der Waals surface area contributed by atoms with Crippen molar-refractivity contribution < 1.29 is 46.1 Å². The third-order valence-corrected chi connectivity index (χ3v) is 4.07. The highest BCUT2D eigenvalue weighted by molar-refractivity contribution is 5.89. The van der Waals surface area contributed by atoms with Crippen LogP contribution in [0.25, 0.3) is 11.0 Å². The second kappa shape index (κ2) is 9.10. The summed E-state index contributed by atoms with van der Waals surface area (Å²) in [6, 6.07) is 8.27. The number of carbonyl (C=O) groups is 2. The Morgan fingerprint density at radius 2 is 1.66 bits per heavy atom. The lowest BCUT2D eigenvalue weighted by Crippen LogP contribution is -2.16. The molecule has 0 aliphatic rings. The molecule has 0 saturated carbocycles. The van der Waals surface area contributed by atoms with Gasteiger partial charge >= 0.3 is 18.1 Å². The van der Waals surface area contributed by atoms with Gasteiger partial charge in [-0.15, -0.1) is 0 Å². The summed E-state index contributed by atoms with van der Waals surface area (Å²) >= 11 is 0. The molecule has 0 fully saturated rings. The van der Waals surface area contributed by atoms with Crippen LogP contribution in [0.15, 0.2) is 51.7 Å². The van der Waals surface area contributed by atoms with Gasteiger partial charge < -0.3 is 23.4 Å². The van der Waals surface area contributed by atoms with E-state index in [-0.39, 0.29) is 29.1 Å². The van der Waals surface area contributed by atoms with Gasteiger partial charge in [0.05, 0.1) is 18.1 Å². The molecule has 1 aromatic heterocycles. The van der Waals surface area contributed by atoms with Gasteiger partial charge in [0.2, 0.25) is 11.2 Å². The maximum atomic E-state index is 13.6. The summed E-state index contributed by atoms with van der Waals surface area (Å²) in [7, 11) is 2.44. The third kappa shape index (κ3) is 4.89. The quantitative estimate of drug-likeness (QED) is 0.410. The van der Waals surface area contributed by atoms with Crippen LogP contribution in [0.3, 0.4) is 0 Å². The van der Waals surface area contributed by atoms with Crippen molar-refractivity contribution in [1.82, 2.24) is 0 Å². The topological polar surface area (TPSA) is 101 Å². The smallest absolute Gasteiger partial charge is 0.453 e. The predicted octanol–water partition coefficient (Wildman–Crippen LogP) is 3.94. The first-order chi connectivity index (χ1) is 15.1. The van der Waals surface area contributed by atoms with Crippen LogP contribution < -0.4 is 14.9 Å². The maximum absolute atomic E-state index is 13.6. The van der Waals surface area contributed by atoms with Crippen LogP contribution in [0.1, 0.15) is 16.1 Å². The number of ether oxygens (including phenoxy) is 4. The molecule has 2 aromatic carbocycles. The van der Waals surface area contributed by atoms with Gasteiger partial charge in [0.25, 0.3) is 5.76 Å². The average Bonchev–Trinajstić information content (AvgIpc) is 2.74. The molecule has 0 spiro atoms. The highest BCUT2D eigenvalue weighted by atomic mass is 19.4. The van der Waals surface area contributed by atoms with E-state index in [4.69, 9.17) is 13.9 Å². The first-order valence-electron chi connectivity index (χ1n) is 8.88. The van der Waals surface area contributed by atoms with Crippen molar-refractivity contribution in [2.75, 3.05) is 20.8 Å². The molecule has 0 radical (unpaired) electrons. The minimum absolute atomic E-state index is 0.136. The predicted molar refractivity (Wildman–Crippen MR) is 103 cm³/mol. The molecular formula is C21H15F3O8. The van der Waals surface area contributed by atoms with Gasteiger partial charge in [0, 0.05) is 13.2 Å². The standard InChI is InChI=1S/C21H15F3O8/c1-28-10-16(25)30-13-7-8-14-15(9-13)32-19(21(22,23)24)18(17(14)26)31-12-5-3-11(4-6-12)20(27)29-2/h3-9H,10H2,1-2H3. The van der Waals surface area contributed by atoms with Crippen LogP contribution in [0.5, 0.6) is 17.2 Å². The summed E-state index contributed by atoms with van der Waals surface area (Å²) in [5.74, 6) is -4.48. The Balaban J connectivity index is 2.05. The third-order valence-electron chi connectivity index (χ3n) is 4.07. The van der Waals surface area contributed by atoms with Crippen LogP contribution in [0, 0.1) is 0 Å². The molecule has 3 aromatic rings. The second-order valence-electron chi connectivity index (χ2n) is 6.27. The fourth-order valence-corrected chi connectivity index (χ4v) is 2.67. The number of carbonyl (C=O) groups excluding carboxylic acids is 2. The number of methoxy groups -OCH3 is 2. The van der Waals surface area contributed by atoms with E-state index in [9.17, 15) is 27.6 Å². The lowest BCUT2D eigenvalue weighted by Gasteiger charge is -2.14. The van der Waals surface area contributed by atoms with Gasteiger partial charge in [-0.2, -0.15) is 13.2 Å². The molecule has 1 heterocycles.